The summed E-state index contributed by atoms with van der Waals surface area (Å²) in [6.07, 6.45) is 0.281. The molecule has 0 amide bonds. The molecule has 9 rings (SSSR count). The van der Waals surface area contributed by atoms with Crippen LogP contribution in [-0.2, 0) is 54.0 Å². The van der Waals surface area contributed by atoms with Gasteiger partial charge in [0.05, 0.1) is 55.6 Å². The molecule has 16 nitrogen and oxygen atoms in total. The van der Waals surface area contributed by atoms with Crippen LogP contribution in [0.5, 0.6) is 28.9 Å². The van der Waals surface area contributed by atoms with Crippen molar-refractivity contribution < 1.29 is 178 Å². The van der Waals surface area contributed by atoms with E-state index in [9.17, 15) is 49.8 Å². The summed E-state index contributed by atoms with van der Waals surface area (Å²) in [5.74, 6) is -5.74. The van der Waals surface area contributed by atoms with Gasteiger partial charge in [0, 0.05) is 25.7 Å². The summed E-state index contributed by atoms with van der Waals surface area (Å²) < 4.78 is 13.7. The normalized spacial score (nSPS) is 12.4. The summed E-state index contributed by atoms with van der Waals surface area (Å²) in [7, 11) is 0. The van der Waals surface area contributed by atoms with Gasteiger partial charge in [0.25, 0.3) is 0 Å². The van der Waals surface area contributed by atoms with E-state index in [4.69, 9.17) is 9.47 Å². The van der Waals surface area contributed by atoms with E-state index in [0.29, 0.717) is 50.3 Å². The summed E-state index contributed by atoms with van der Waals surface area (Å²) in [5, 5.41) is 76.0. The van der Waals surface area contributed by atoms with E-state index in [2.05, 4.69) is 103 Å². The second kappa shape index (κ2) is 28.1. The number of fused-ring (bicyclic) bond motifs is 8. The number of benzene rings is 4. The zero-order valence-corrected chi connectivity index (χ0v) is 63.8. The maximum absolute atomic E-state index is 13.0. The Labute approximate surface area is 610 Å². The summed E-state index contributed by atoms with van der Waals surface area (Å²) in [6, 6.07) is 15.8. The first-order valence-corrected chi connectivity index (χ1v) is 30.0. The van der Waals surface area contributed by atoms with E-state index in [1.54, 1.807) is 0 Å². The first-order valence-electron chi connectivity index (χ1n) is 26.7. The summed E-state index contributed by atoms with van der Waals surface area (Å²) >= 11 is 3.14. The SMILES string of the molecule is Cc1nc(-c2nc(COc3c4cc(C(C)(C)C)cc3Cc3cc(C(C)(C)C)cc(c3O)Cc3cc(C(C)(C)C)cc(c3Oc3nc(-c5nc(C)c(C(=O)[O-])s5)sc3C(=O)[O-])Cc3cc(C(C)(C)C)cc(c3O)C4)c(C(=O)[O-])s2)sc1C(=O)[O-].[Na+].[Na+].[Na+].[Na+]. The predicted molar refractivity (Wildman–Crippen MR) is 313 cm³/mol. The number of aromatic hydroxyl groups is 2. The number of rotatable bonds is 11. The van der Waals surface area contributed by atoms with Gasteiger partial charge in [0.15, 0.2) is 20.0 Å². The molecule has 0 saturated heterocycles. The van der Waals surface area contributed by atoms with Gasteiger partial charge in [-0.3, -0.25) is 0 Å². The molecule has 0 saturated carbocycles. The van der Waals surface area contributed by atoms with E-state index >= 15 is 0 Å². The van der Waals surface area contributed by atoms with Crippen LogP contribution in [0.1, 0.15) is 206 Å². The van der Waals surface area contributed by atoms with Gasteiger partial charge >= 0.3 is 118 Å². The number of thiazole rings is 4. The Hall–Kier alpha value is -3.52. The molecule has 0 aliphatic heterocycles. The van der Waals surface area contributed by atoms with Crippen LogP contribution in [0.15, 0.2) is 48.5 Å². The predicted octanol–water partition coefficient (Wildman–Crippen LogP) is -2.42. The molecule has 0 atom stereocenters. The van der Waals surface area contributed by atoms with Gasteiger partial charge in [0.2, 0.25) is 5.88 Å². The van der Waals surface area contributed by atoms with Crippen LogP contribution >= 0.6 is 45.3 Å². The summed E-state index contributed by atoms with van der Waals surface area (Å²) in [6.45, 7) is 27.5. The Morgan fingerprint density at radius 3 is 1.01 bits per heavy atom. The smallest absolute Gasteiger partial charge is 0.544 e. The number of ether oxygens (including phenoxy) is 2. The largest absolute Gasteiger partial charge is 1.00 e. The number of phenolic OH excluding ortho intramolecular Hbond substituents is 2. The van der Waals surface area contributed by atoms with Crippen LogP contribution in [0.25, 0.3) is 20.0 Å². The fraction of sp³-hybridized carbons (Fsp3) is 0.365. The number of aryl methyl sites for hydroxylation is 2. The van der Waals surface area contributed by atoms with E-state index in [1.165, 1.54) is 13.8 Å². The van der Waals surface area contributed by atoms with Crippen LogP contribution < -0.4 is 148 Å². The standard InChI is InChI=1S/C63H66N4O12S4.4Na/c1-28-47(56(70)71)80-52(64-28)54-66-42(49(82-54)58(74)75)27-78-45-34-15-30-19-38(60(3,4)5)21-32(43(30)68)17-36-25-41(63(12,13)14)26-37(46(36)79-51-50(59(76)77)83-55(67-51)53-65-29(2)48(81-53)57(72)73)18-33-22-39(61(6,7)8)20-31(44(33)69)16-35(45)24-40(23-34)62(9,10)11;;;;/h19-26,68-69H,15-18,27H2,1-14H3,(H,70,71)(H,72,73)(H,74,75)(H,76,77);;;;/q;4*+1/p-4. The van der Waals surface area contributed by atoms with Gasteiger partial charge in [-0.15, -0.1) is 45.3 Å². The number of carboxylic acid groups (broad SMARTS) is 4. The van der Waals surface area contributed by atoms with E-state index in [1.807, 2.05) is 48.5 Å². The topological polar surface area (TPSA) is 271 Å². The van der Waals surface area contributed by atoms with Crippen LogP contribution in [0.4, 0.5) is 0 Å². The number of carbonyl (C=O) groups is 4. The Bertz CT molecular complexity index is 3870. The molecule has 4 aromatic heterocycles. The van der Waals surface area contributed by atoms with Gasteiger partial charge in [-0.2, -0.15) is 4.98 Å². The zero-order valence-electron chi connectivity index (χ0n) is 52.6. The van der Waals surface area contributed by atoms with Gasteiger partial charge in [-0.25, -0.2) is 15.0 Å². The van der Waals surface area contributed by atoms with Gasteiger partial charge in [0.1, 0.15) is 34.5 Å². The maximum atomic E-state index is 13.0. The molecule has 4 aromatic carbocycles. The number of phenols is 2. The Morgan fingerprint density at radius 1 is 0.425 bits per heavy atom. The van der Waals surface area contributed by atoms with Crippen LogP contribution in [0, 0.1) is 13.8 Å². The molecule has 24 heteroatoms. The zero-order chi connectivity index (χ0) is 60.7. The Morgan fingerprint density at radius 2 is 0.701 bits per heavy atom. The van der Waals surface area contributed by atoms with Crippen molar-refractivity contribution in [3.63, 3.8) is 0 Å². The van der Waals surface area contributed by atoms with E-state index in [-0.39, 0.29) is 230 Å². The first-order chi connectivity index (χ1) is 38.5. The molecule has 8 aromatic rings. The fourth-order valence-electron chi connectivity index (χ4n) is 9.85. The van der Waals surface area contributed by atoms with Crippen molar-refractivity contribution in [2.24, 2.45) is 0 Å². The van der Waals surface area contributed by atoms with E-state index in [0.717, 1.165) is 67.6 Å². The van der Waals surface area contributed by atoms with Crippen LogP contribution in [0.2, 0.25) is 0 Å². The second-order valence-corrected chi connectivity index (χ2v) is 29.1. The number of nitrogens with zero attached hydrogens (tertiary/aromatic N) is 4. The number of hydrogen-bond donors (Lipinski definition) is 2. The molecule has 87 heavy (non-hydrogen) atoms. The minimum atomic E-state index is -1.59. The minimum Gasteiger partial charge on any atom is -0.544 e. The van der Waals surface area contributed by atoms with Crippen LogP contribution in [-0.4, -0.2) is 54.0 Å². The third kappa shape index (κ3) is 16.2. The Kier molecular flexibility index (Phi) is 24.0. The molecule has 2 N–H and O–H groups in total. The van der Waals surface area contributed by atoms with Crippen molar-refractivity contribution in [1.29, 1.82) is 0 Å². The molecule has 4 heterocycles. The minimum absolute atomic E-state index is 0. The third-order valence-electron chi connectivity index (χ3n) is 14.6. The number of hydrogen-bond acceptors (Lipinski definition) is 20. The van der Waals surface area contributed by atoms with Crippen molar-refractivity contribution >= 4 is 69.2 Å². The second-order valence-electron chi connectivity index (χ2n) is 25.1. The monoisotopic (exact) mass is 1290 g/mol. The molecular formula is C63H62N4Na4O12S4. The molecule has 0 spiro atoms. The maximum Gasteiger partial charge on any atom is 1.00 e. The first kappa shape index (κ1) is 74.2. The number of carbonyl (C=O) groups excluding carboxylic acids is 4. The number of aromatic carboxylic acids is 4. The van der Waals surface area contributed by atoms with Crippen LogP contribution in [0.3, 0.4) is 0 Å². The fourth-order valence-corrected chi connectivity index (χ4v) is 13.4. The molecule has 0 fully saturated rings. The molecule has 8 bridgehead atoms. The Balaban J connectivity index is 0.00000345. The van der Waals surface area contributed by atoms with Crippen molar-refractivity contribution in [2.75, 3.05) is 0 Å². The van der Waals surface area contributed by atoms with Gasteiger partial charge < -0.3 is 59.3 Å². The van der Waals surface area contributed by atoms with Gasteiger partial charge in [-0.05, 0) is 102 Å². The molecule has 0 radical (unpaired) electrons. The summed E-state index contributed by atoms with van der Waals surface area (Å²) in [5.41, 5.74) is 6.56. The van der Waals surface area contributed by atoms with E-state index < -0.39 is 45.5 Å². The van der Waals surface area contributed by atoms with Crippen molar-refractivity contribution in [3.8, 4) is 48.9 Å². The van der Waals surface area contributed by atoms with Gasteiger partial charge in [-0.1, -0.05) is 132 Å². The summed E-state index contributed by atoms with van der Waals surface area (Å²) in [4.78, 5) is 66.9. The average molecular weight is 1290 g/mol. The molecule has 0 unspecified atom stereocenters. The number of carboxylic acids is 4. The molecule has 1 aliphatic carbocycles. The average Bonchev–Trinajstić information content (AvgIpc) is 1.78. The molecule has 434 valence electrons. The molecular weight excluding hydrogens is 1220 g/mol. The van der Waals surface area contributed by atoms with Crippen molar-refractivity contribution in [2.45, 2.75) is 151 Å². The molecule has 1 aliphatic rings. The van der Waals surface area contributed by atoms with Crippen molar-refractivity contribution in [1.82, 2.24) is 19.9 Å². The third-order valence-corrected chi connectivity index (χ3v) is 19.2. The quantitative estimate of drug-likeness (QED) is 0.128. The van der Waals surface area contributed by atoms with Crippen molar-refractivity contribution in [3.05, 3.63) is 152 Å². The number of aromatic nitrogens is 4.